The Labute approximate surface area is 132 Å². The molecule has 0 unspecified atom stereocenters. The third-order valence-corrected chi connectivity index (χ3v) is 3.43. The van der Waals surface area contributed by atoms with Crippen LogP contribution in [0.2, 0.25) is 0 Å². The molecule has 0 atom stereocenters. The Kier molecular flexibility index (Phi) is 8.09. The number of rotatable bonds is 6. The zero-order valence-electron chi connectivity index (χ0n) is 12.9. The van der Waals surface area contributed by atoms with Gasteiger partial charge in [0.2, 0.25) is 0 Å². The molecule has 122 valence electrons. The standard InChI is InChI=1S/C17H22.H2O4S/c1-2-3-4-5-6-10-15-12-9-13-16-11-7-8-14-17(15)16;1-5(2,3)4/h7-9,11-14H,2-6,10H2,1H3;(H2,1,2,3,4). The molecule has 2 aromatic rings. The summed E-state index contributed by atoms with van der Waals surface area (Å²) in [6.07, 6.45) is 8.03. The van der Waals surface area contributed by atoms with Crippen molar-refractivity contribution in [2.24, 2.45) is 0 Å². The van der Waals surface area contributed by atoms with Crippen molar-refractivity contribution in [1.29, 1.82) is 0 Å². The first-order valence-corrected chi connectivity index (χ1v) is 8.98. The van der Waals surface area contributed by atoms with E-state index in [4.69, 9.17) is 17.5 Å². The summed E-state index contributed by atoms with van der Waals surface area (Å²) < 4.78 is 31.6. The van der Waals surface area contributed by atoms with E-state index in [2.05, 4.69) is 49.4 Å². The molecule has 0 spiro atoms. The molecule has 0 fully saturated rings. The Hall–Kier alpha value is -1.43. The minimum Gasteiger partial charge on any atom is -0.264 e. The van der Waals surface area contributed by atoms with Crippen LogP contribution in [-0.2, 0) is 16.8 Å². The highest BCUT2D eigenvalue weighted by Crippen LogP contribution is 2.20. The Balaban J connectivity index is 0.000000422. The number of fused-ring (bicyclic) bond motifs is 1. The fraction of sp³-hybridized carbons (Fsp3) is 0.412. The van der Waals surface area contributed by atoms with Gasteiger partial charge in [0, 0.05) is 0 Å². The number of benzene rings is 2. The molecule has 0 saturated carbocycles. The van der Waals surface area contributed by atoms with Gasteiger partial charge in [-0.3, -0.25) is 9.11 Å². The van der Waals surface area contributed by atoms with Gasteiger partial charge < -0.3 is 0 Å². The number of hydrogen-bond donors (Lipinski definition) is 2. The predicted octanol–water partition coefficient (Wildman–Crippen LogP) is 4.70. The van der Waals surface area contributed by atoms with E-state index in [-0.39, 0.29) is 0 Å². The summed E-state index contributed by atoms with van der Waals surface area (Å²) >= 11 is 0. The van der Waals surface area contributed by atoms with Crippen LogP contribution in [0.5, 0.6) is 0 Å². The molecule has 2 aromatic carbocycles. The molecule has 0 aliphatic heterocycles. The van der Waals surface area contributed by atoms with Gasteiger partial charge in [-0.2, -0.15) is 8.42 Å². The molecule has 4 nitrogen and oxygen atoms in total. The second kappa shape index (κ2) is 9.56. The van der Waals surface area contributed by atoms with E-state index in [9.17, 15) is 0 Å². The van der Waals surface area contributed by atoms with Gasteiger partial charge in [0.05, 0.1) is 0 Å². The summed E-state index contributed by atoms with van der Waals surface area (Å²) in [5.74, 6) is 0. The van der Waals surface area contributed by atoms with Gasteiger partial charge in [0.15, 0.2) is 0 Å². The first-order chi connectivity index (χ1) is 10.4. The van der Waals surface area contributed by atoms with Gasteiger partial charge in [-0.1, -0.05) is 75.1 Å². The van der Waals surface area contributed by atoms with Crippen LogP contribution >= 0.6 is 0 Å². The summed E-state index contributed by atoms with van der Waals surface area (Å²) in [5, 5.41) is 2.81. The smallest absolute Gasteiger partial charge is 0.264 e. The van der Waals surface area contributed by atoms with Gasteiger partial charge >= 0.3 is 10.4 Å². The molecule has 0 radical (unpaired) electrons. The normalized spacial score (nSPS) is 11.0. The highest BCUT2D eigenvalue weighted by atomic mass is 32.3. The summed E-state index contributed by atoms with van der Waals surface area (Å²) in [4.78, 5) is 0. The van der Waals surface area contributed by atoms with Crippen molar-refractivity contribution in [3.63, 3.8) is 0 Å². The molecule has 0 saturated heterocycles. The highest BCUT2D eigenvalue weighted by Gasteiger charge is 1.99. The summed E-state index contributed by atoms with van der Waals surface area (Å²) in [7, 11) is -4.67. The lowest BCUT2D eigenvalue weighted by molar-refractivity contribution is 0.381. The second-order valence-corrected chi connectivity index (χ2v) is 6.15. The minimum absolute atomic E-state index is 1.23. The highest BCUT2D eigenvalue weighted by molar-refractivity contribution is 7.79. The summed E-state index contributed by atoms with van der Waals surface area (Å²) in [6.45, 7) is 2.27. The van der Waals surface area contributed by atoms with Crippen molar-refractivity contribution in [2.75, 3.05) is 0 Å². The SMILES string of the molecule is CCCCCCCc1cccc2ccccc12.O=S(=O)(O)O. The zero-order valence-corrected chi connectivity index (χ0v) is 13.7. The number of unbranched alkanes of at least 4 members (excludes halogenated alkanes) is 4. The Bertz CT molecular complexity index is 652. The summed E-state index contributed by atoms with van der Waals surface area (Å²) in [6, 6.07) is 15.4. The van der Waals surface area contributed by atoms with Crippen molar-refractivity contribution >= 4 is 21.2 Å². The molecule has 0 amide bonds. The molecule has 0 heterocycles. The molecule has 0 aliphatic carbocycles. The van der Waals surface area contributed by atoms with Crippen molar-refractivity contribution in [3.8, 4) is 0 Å². The second-order valence-electron chi connectivity index (χ2n) is 5.25. The zero-order chi connectivity index (χ0) is 16.4. The Morgan fingerprint density at radius 1 is 0.864 bits per heavy atom. The van der Waals surface area contributed by atoms with E-state index in [0.717, 1.165) is 0 Å². The first kappa shape index (κ1) is 18.6. The number of hydrogen-bond acceptors (Lipinski definition) is 2. The maximum absolute atomic E-state index is 8.74. The van der Waals surface area contributed by atoms with E-state index >= 15 is 0 Å². The largest absolute Gasteiger partial charge is 0.394 e. The third kappa shape index (κ3) is 8.12. The monoisotopic (exact) mass is 324 g/mol. The van der Waals surface area contributed by atoms with E-state index in [1.54, 1.807) is 0 Å². The molecule has 0 aliphatic rings. The van der Waals surface area contributed by atoms with Crippen LogP contribution in [0.15, 0.2) is 42.5 Å². The maximum Gasteiger partial charge on any atom is 0.394 e. The van der Waals surface area contributed by atoms with Crippen molar-refractivity contribution in [2.45, 2.75) is 45.4 Å². The molecule has 0 bridgehead atoms. The lowest BCUT2D eigenvalue weighted by Crippen LogP contribution is -1.89. The molecular weight excluding hydrogens is 300 g/mol. The number of aryl methyl sites for hydroxylation is 1. The lowest BCUT2D eigenvalue weighted by atomic mass is 9.99. The van der Waals surface area contributed by atoms with Crippen LogP contribution in [-0.4, -0.2) is 17.5 Å². The average Bonchev–Trinajstić information content (AvgIpc) is 2.45. The van der Waals surface area contributed by atoms with E-state index < -0.39 is 10.4 Å². The quantitative estimate of drug-likeness (QED) is 0.596. The summed E-state index contributed by atoms with van der Waals surface area (Å²) in [5.41, 5.74) is 1.51. The fourth-order valence-corrected chi connectivity index (χ4v) is 2.43. The molecule has 2 rings (SSSR count). The van der Waals surface area contributed by atoms with Crippen LogP contribution < -0.4 is 0 Å². The van der Waals surface area contributed by atoms with E-state index in [1.165, 1.54) is 54.9 Å². The Morgan fingerprint density at radius 3 is 2.14 bits per heavy atom. The van der Waals surface area contributed by atoms with Crippen molar-refractivity contribution < 1.29 is 17.5 Å². The maximum atomic E-state index is 8.74. The molecule has 22 heavy (non-hydrogen) atoms. The molecule has 5 heteroatoms. The molecule has 0 aromatic heterocycles. The Morgan fingerprint density at radius 2 is 1.45 bits per heavy atom. The lowest BCUT2D eigenvalue weighted by Gasteiger charge is -2.06. The minimum atomic E-state index is -4.67. The van der Waals surface area contributed by atoms with Crippen LogP contribution in [0.4, 0.5) is 0 Å². The van der Waals surface area contributed by atoms with Crippen molar-refractivity contribution in [3.05, 3.63) is 48.0 Å². The van der Waals surface area contributed by atoms with Gasteiger partial charge in [-0.15, -0.1) is 0 Å². The van der Waals surface area contributed by atoms with Crippen LogP contribution in [0.25, 0.3) is 10.8 Å². The predicted molar refractivity (Wildman–Crippen MR) is 90.6 cm³/mol. The molecule has 2 N–H and O–H groups in total. The first-order valence-electron chi connectivity index (χ1n) is 7.58. The fourth-order valence-electron chi connectivity index (χ4n) is 2.43. The van der Waals surface area contributed by atoms with E-state index in [0.29, 0.717) is 0 Å². The van der Waals surface area contributed by atoms with Gasteiger partial charge in [-0.05, 0) is 29.2 Å². The third-order valence-electron chi connectivity index (χ3n) is 3.43. The van der Waals surface area contributed by atoms with Crippen LogP contribution in [0.1, 0.15) is 44.6 Å². The van der Waals surface area contributed by atoms with Gasteiger partial charge in [0.25, 0.3) is 0 Å². The van der Waals surface area contributed by atoms with Gasteiger partial charge in [-0.25, -0.2) is 0 Å². The average molecular weight is 324 g/mol. The van der Waals surface area contributed by atoms with Gasteiger partial charge in [0.1, 0.15) is 0 Å². The topological polar surface area (TPSA) is 74.6 Å². The van der Waals surface area contributed by atoms with Crippen LogP contribution in [0, 0.1) is 0 Å². The molecular formula is C17H24O4S. The van der Waals surface area contributed by atoms with Crippen molar-refractivity contribution in [1.82, 2.24) is 0 Å². The van der Waals surface area contributed by atoms with E-state index in [1.807, 2.05) is 0 Å². The van der Waals surface area contributed by atoms with Crippen LogP contribution in [0.3, 0.4) is 0 Å².